The van der Waals surface area contributed by atoms with Crippen molar-refractivity contribution in [2.24, 2.45) is 5.92 Å². The first-order chi connectivity index (χ1) is 16.2. The molecular formula is C25H40O8. The van der Waals surface area contributed by atoms with Crippen LogP contribution in [-0.4, -0.2) is 78.0 Å². The molecule has 1 atom stereocenters. The summed E-state index contributed by atoms with van der Waals surface area (Å²) >= 11 is 0. The van der Waals surface area contributed by atoms with Gasteiger partial charge >= 0.3 is 11.9 Å². The second kappa shape index (κ2) is 20.6. The van der Waals surface area contributed by atoms with Crippen LogP contribution in [0.2, 0.25) is 0 Å². The van der Waals surface area contributed by atoms with Crippen molar-refractivity contribution in [1.82, 2.24) is 0 Å². The molecular weight excluding hydrogens is 428 g/mol. The van der Waals surface area contributed by atoms with Crippen LogP contribution in [0.5, 0.6) is 0 Å². The molecule has 1 rings (SSSR count). The van der Waals surface area contributed by atoms with Gasteiger partial charge in [0.25, 0.3) is 0 Å². The van der Waals surface area contributed by atoms with Gasteiger partial charge in [-0.15, -0.1) is 0 Å². The molecule has 0 spiro atoms. The van der Waals surface area contributed by atoms with Gasteiger partial charge in [-0.2, -0.15) is 0 Å². The Morgan fingerprint density at radius 2 is 1.18 bits per heavy atom. The second-order valence-corrected chi connectivity index (χ2v) is 7.37. The van der Waals surface area contributed by atoms with Crippen LogP contribution in [0.25, 0.3) is 0 Å². The fourth-order valence-electron chi connectivity index (χ4n) is 2.87. The van der Waals surface area contributed by atoms with Crippen LogP contribution in [0.1, 0.15) is 49.9 Å². The van der Waals surface area contributed by atoms with E-state index < -0.39 is 0 Å². The summed E-state index contributed by atoms with van der Waals surface area (Å²) in [6.07, 6.45) is 3.83. The third-order valence-electron chi connectivity index (χ3n) is 4.79. The second-order valence-electron chi connectivity index (χ2n) is 7.37. The van der Waals surface area contributed by atoms with E-state index in [4.69, 9.17) is 28.4 Å². The van der Waals surface area contributed by atoms with Gasteiger partial charge in [-0.3, -0.25) is 4.79 Å². The lowest BCUT2D eigenvalue weighted by Gasteiger charge is -2.13. The Bertz CT molecular complexity index is 608. The number of benzene rings is 1. The molecule has 0 aliphatic carbocycles. The summed E-state index contributed by atoms with van der Waals surface area (Å²) in [5.74, 6) is -0.485. The van der Waals surface area contributed by atoms with Crippen molar-refractivity contribution < 1.29 is 38.0 Å². The fourth-order valence-corrected chi connectivity index (χ4v) is 2.87. The van der Waals surface area contributed by atoms with Crippen molar-refractivity contribution in [1.29, 1.82) is 0 Å². The summed E-state index contributed by atoms with van der Waals surface area (Å²) in [6, 6.07) is 8.84. The van der Waals surface area contributed by atoms with Crippen molar-refractivity contribution in [2.45, 2.75) is 39.5 Å². The van der Waals surface area contributed by atoms with E-state index in [0.717, 1.165) is 25.7 Å². The molecule has 8 heteroatoms. The first kappa shape index (κ1) is 29.0. The van der Waals surface area contributed by atoms with Crippen LogP contribution < -0.4 is 0 Å². The maximum Gasteiger partial charge on any atom is 0.338 e. The maximum absolute atomic E-state index is 11.9. The van der Waals surface area contributed by atoms with Crippen molar-refractivity contribution in [3.63, 3.8) is 0 Å². The highest BCUT2D eigenvalue weighted by Crippen LogP contribution is 2.14. The van der Waals surface area contributed by atoms with Gasteiger partial charge in [0.15, 0.2) is 0 Å². The Hall–Kier alpha value is -2.00. The van der Waals surface area contributed by atoms with Gasteiger partial charge in [-0.1, -0.05) is 44.9 Å². The highest BCUT2D eigenvalue weighted by Gasteiger charge is 2.16. The number of esters is 2. The summed E-state index contributed by atoms with van der Waals surface area (Å²) in [6.45, 7) is 7.97. The highest BCUT2D eigenvalue weighted by atomic mass is 16.6. The molecule has 0 fully saturated rings. The van der Waals surface area contributed by atoms with Crippen LogP contribution in [0, 0.1) is 5.92 Å². The molecule has 33 heavy (non-hydrogen) atoms. The van der Waals surface area contributed by atoms with E-state index in [2.05, 4.69) is 6.92 Å². The summed E-state index contributed by atoms with van der Waals surface area (Å²) in [7, 11) is 0. The lowest BCUT2D eigenvalue weighted by Crippen LogP contribution is -2.20. The largest absolute Gasteiger partial charge is 0.463 e. The van der Waals surface area contributed by atoms with E-state index in [9.17, 15) is 9.59 Å². The van der Waals surface area contributed by atoms with Gasteiger partial charge in [-0.05, 0) is 25.0 Å². The Labute approximate surface area is 197 Å². The molecule has 1 aromatic rings. The Kier molecular flexibility index (Phi) is 18.1. The maximum atomic E-state index is 11.9. The number of carbonyl (C=O) groups is 2. The first-order valence-corrected chi connectivity index (χ1v) is 11.9. The quantitative estimate of drug-likeness (QED) is 0.199. The van der Waals surface area contributed by atoms with E-state index in [-0.39, 0.29) is 31.1 Å². The van der Waals surface area contributed by atoms with E-state index in [1.54, 1.807) is 24.3 Å². The zero-order chi connectivity index (χ0) is 24.0. The topological polar surface area (TPSA) is 89.5 Å². The van der Waals surface area contributed by atoms with E-state index in [1.807, 2.05) is 13.0 Å². The van der Waals surface area contributed by atoms with Crippen LogP contribution in [0.4, 0.5) is 0 Å². The minimum atomic E-state index is -0.356. The first-order valence-electron chi connectivity index (χ1n) is 11.9. The van der Waals surface area contributed by atoms with Crippen molar-refractivity contribution in [3.05, 3.63) is 35.9 Å². The minimum Gasteiger partial charge on any atom is -0.463 e. The van der Waals surface area contributed by atoms with Gasteiger partial charge in [0.05, 0.1) is 64.3 Å². The third kappa shape index (κ3) is 15.5. The van der Waals surface area contributed by atoms with Crippen LogP contribution in [0.3, 0.4) is 0 Å². The van der Waals surface area contributed by atoms with Gasteiger partial charge in [0.2, 0.25) is 0 Å². The predicted octanol–water partition coefficient (Wildman–Crippen LogP) is 3.67. The zero-order valence-corrected chi connectivity index (χ0v) is 20.1. The number of rotatable bonds is 21. The Morgan fingerprint density at radius 1 is 0.697 bits per heavy atom. The SMILES string of the molecule is CCCCC(CC)C(=O)OCCOCCOCCOCCOCCOC(=O)c1ccccc1. The van der Waals surface area contributed by atoms with Crippen LogP contribution in [-0.2, 0) is 33.2 Å². The average Bonchev–Trinajstić information content (AvgIpc) is 2.84. The molecule has 0 aliphatic rings. The van der Waals surface area contributed by atoms with Crippen LogP contribution in [0.15, 0.2) is 30.3 Å². The molecule has 8 nitrogen and oxygen atoms in total. The molecule has 0 heterocycles. The number of ether oxygens (including phenoxy) is 6. The summed E-state index contributed by atoms with van der Waals surface area (Å²) < 4.78 is 32.0. The molecule has 0 saturated carbocycles. The average molecular weight is 469 g/mol. The summed E-state index contributed by atoms with van der Waals surface area (Å²) in [5.41, 5.74) is 0.526. The standard InChI is InChI=1S/C25H40O8/c1-3-5-9-22(4-2)24(26)32-20-18-30-16-14-28-12-13-29-15-17-31-19-21-33-25(27)23-10-7-6-8-11-23/h6-8,10-11,22H,3-5,9,12-21H2,1-2H3. The number of carbonyl (C=O) groups excluding carboxylic acids is 2. The third-order valence-corrected chi connectivity index (χ3v) is 4.79. The molecule has 188 valence electrons. The summed E-state index contributed by atoms with van der Waals surface area (Å²) in [4.78, 5) is 23.7. The fraction of sp³-hybridized carbons (Fsp3) is 0.680. The monoisotopic (exact) mass is 468 g/mol. The van der Waals surface area contributed by atoms with Gasteiger partial charge in [0.1, 0.15) is 13.2 Å². The lowest BCUT2D eigenvalue weighted by atomic mass is 10.00. The normalized spacial score (nSPS) is 11.8. The van der Waals surface area contributed by atoms with Crippen molar-refractivity contribution in [2.75, 3.05) is 66.1 Å². The lowest BCUT2D eigenvalue weighted by molar-refractivity contribution is -0.150. The van der Waals surface area contributed by atoms with E-state index in [1.165, 1.54) is 0 Å². The molecule has 0 bridgehead atoms. The van der Waals surface area contributed by atoms with Crippen LogP contribution >= 0.6 is 0 Å². The van der Waals surface area contributed by atoms with Crippen molar-refractivity contribution >= 4 is 11.9 Å². The summed E-state index contributed by atoms with van der Waals surface area (Å²) in [5, 5.41) is 0. The molecule has 0 saturated heterocycles. The van der Waals surface area contributed by atoms with E-state index in [0.29, 0.717) is 58.4 Å². The predicted molar refractivity (Wildman–Crippen MR) is 124 cm³/mol. The minimum absolute atomic E-state index is 0.00384. The van der Waals surface area contributed by atoms with E-state index >= 15 is 0 Å². The highest BCUT2D eigenvalue weighted by molar-refractivity contribution is 5.89. The molecule has 0 aliphatic heterocycles. The van der Waals surface area contributed by atoms with Gasteiger partial charge < -0.3 is 28.4 Å². The Morgan fingerprint density at radius 3 is 1.67 bits per heavy atom. The van der Waals surface area contributed by atoms with Gasteiger partial charge in [0, 0.05) is 0 Å². The molecule has 0 N–H and O–H groups in total. The van der Waals surface area contributed by atoms with Crippen molar-refractivity contribution in [3.8, 4) is 0 Å². The zero-order valence-electron chi connectivity index (χ0n) is 20.1. The molecule has 0 amide bonds. The number of hydrogen-bond donors (Lipinski definition) is 0. The molecule has 0 radical (unpaired) electrons. The molecule has 1 unspecified atom stereocenters. The van der Waals surface area contributed by atoms with Gasteiger partial charge in [-0.25, -0.2) is 4.79 Å². The number of unbranched alkanes of at least 4 members (excludes halogenated alkanes) is 1. The molecule has 1 aromatic carbocycles. The Balaban J connectivity index is 1.81. The molecule has 0 aromatic heterocycles. The smallest absolute Gasteiger partial charge is 0.338 e. The number of hydrogen-bond acceptors (Lipinski definition) is 8.